The SMILES string of the molecule is Cc1nn(Cc2cc(Cl)c3c(c2)OCCCO3)c(N)c1Br. The molecule has 0 saturated carbocycles. The Balaban J connectivity index is 1.94. The van der Waals surface area contributed by atoms with Crippen molar-refractivity contribution in [2.24, 2.45) is 0 Å². The second kappa shape index (κ2) is 5.77. The molecule has 0 spiro atoms. The highest BCUT2D eigenvalue weighted by molar-refractivity contribution is 9.10. The molecule has 0 aliphatic carbocycles. The Labute approximate surface area is 136 Å². The largest absolute Gasteiger partial charge is 0.489 e. The second-order valence-electron chi connectivity index (χ2n) is 4.90. The van der Waals surface area contributed by atoms with Gasteiger partial charge in [-0.25, -0.2) is 4.68 Å². The molecule has 1 aliphatic heterocycles. The number of rotatable bonds is 2. The number of aryl methyl sites for hydroxylation is 1. The van der Waals surface area contributed by atoms with E-state index in [0.717, 1.165) is 22.2 Å². The van der Waals surface area contributed by atoms with Gasteiger partial charge in [-0.05, 0) is 40.5 Å². The van der Waals surface area contributed by atoms with Gasteiger partial charge in [-0.3, -0.25) is 0 Å². The number of halogens is 2. The minimum atomic E-state index is 0.522. The highest BCUT2D eigenvalue weighted by atomic mass is 79.9. The van der Waals surface area contributed by atoms with E-state index in [0.29, 0.717) is 42.1 Å². The number of nitrogens with zero attached hydrogens (tertiary/aromatic N) is 2. The summed E-state index contributed by atoms with van der Waals surface area (Å²) in [6, 6.07) is 3.79. The maximum Gasteiger partial charge on any atom is 0.179 e. The molecule has 0 amide bonds. The summed E-state index contributed by atoms with van der Waals surface area (Å²) in [7, 11) is 0. The van der Waals surface area contributed by atoms with Gasteiger partial charge in [0, 0.05) is 6.42 Å². The van der Waals surface area contributed by atoms with E-state index < -0.39 is 0 Å². The Morgan fingerprint density at radius 1 is 1.38 bits per heavy atom. The number of benzene rings is 1. The average Bonchev–Trinajstić information content (AvgIpc) is 2.65. The predicted octanol–water partition coefficient (Wildman–Crippen LogP) is 3.40. The zero-order valence-electron chi connectivity index (χ0n) is 11.5. The smallest absolute Gasteiger partial charge is 0.179 e. The lowest BCUT2D eigenvalue weighted by atomic mass is 10.2. The third-order valence-electron chi connectivity index (χ3n) is 3.29. The van der Waals surface area contributed by atoms with E-state index in [1.807, 2.05) is 19.1 Å². The summed E-state index contributed by atoms with van der Waals surface area (Å²) in [6.45, 7) is 3.66. The van der Waals surface area contributed by atoms with Crippen LogP contribution >= 0.6 is 27.5 Å². The van der Waals surface area contributed by atoms with E-state index in [1.54, 1.807) is 4.68 Å². The minimum absolute atomic E-state index is 0.522. The molecule has 7 heteroatoms. The minimum Gasteiger partial charge on any atom is -0.489 e. The van der Waals surface area contributed by atoms with E-state index in [2.05, 4.69) is 21.0 Å². The molecule has 112 valence electrons. The Hall–Kier alpha value is -1.40. The molecule has 21 heavy (non-hydrogen) atoms. The molecule has 3 rings (SSSR count). The van der Waals surface area contributed by atoms with Gasteiger partial charge in [-0.2, -0.15) is 5.10 Å². The topological polar surface area (TPSA) is 62.3 Å². The summed E-state index contributed by atoms with van der Waals surface area (Å²) in [5.74, 6) is 1.89. The molecule has 0 fully saturated rings. The number of hydrogen-bond donors (Lipinski definition) is 1. The van der Waals surface area contributed by atoms with Crippen LogP contribution in [-0.2, 0) is 6.54 Å². The van der Waals surface area contributed by atoms with E-state index in [4.69, 9.17) is 26.8 Å². The van der Waals surface area contributed by atoms with Crippen LogP contribution in [0.4, 0.5) is 5.82 Å². The summed E-state index contributed by atoms with van der Waals surface area (Å²) >= 11 is 9.71. The molecule has 2 aromatic rings. The van der Waals surface area contributed by atoms with Crippen LogP contribution in [0.5, 0.6) is 11.5 Å². The fourth-order valence-corrected chi connectivity index (χ4v) is 2.82. The van der Waals surface area contributed by atoms with Crippen molar-refractivity contribution in [2.45, 2.75) is 19.9 Å². The standard InChI is InChI=1S/C14H15BrClN3O2/c1-8-12(15)14(17)19(18-8)7-9-5-10(16)13-11(6-9)20-3-2-4-21-13/h5-6H,2-4,7,17H2,1H3. The molecule has 0 atom stereocenters. The van der Waals surface area contributed by atoms with Crippen molar-refractivity contribution in [3.63, 3.8) is 0 Å². The van der Waals surface area contributed by atoms with Gasteiger partial charge in [0.1, 0.15) is 5.82 Å². The number of nitrogen functional groups attached to an aromatic ring is 1. The third kappa shape index (κ3) is 2.82. The lowest BCUT2D eigenvalue weighted by molar-refractivity contribution is 0.297. The van der Waals surface area contributed by atoms with Gasteiger partial charge in [0.05, 0.1) is 34.9 Å². The molecular formula is C14H15BrClN3O2. The number of aromatic nitrogens is 2. The van der Waals surface area contributed by atoms with Crippen LogP contribution in [0, 0.1) is 6.92 Å². The Morgan fingerprint density at radius 2 is 2.14 bits per heavy atom. The van der Waals surface area contributed by atoms with Gasteiger partial charge >= 0.3 is 0 Å². The van der Waals surface area contributed by atoms with Crippen molar-refractivity contribution in [2.75, 3.05) is 18.9 Å². The van der Waals surface area contributed by atoms with E-state index >= 15 is 0 Å². The molecule has 5 nitrogen and oxygen atoms in total. The third-order valence-corrected chi connectivity index (χ3v) is 4.55. The Kier molecular flexibility index (Phi) is 3.99. The highest BCUT2D eigenvalue weighted by Crippen LogP contribution is 2.38. The summed E-state index contributed by atoms with van der Waals surface area (Å²) in [5.41, 5.74) is 7.84. The van der Waals surface area contributed by atoms with Crippen molar-refractivity contribution >= 4 is 33.3 Å². The fraction of sp³-hybridized carbons (Fsp3) is 0.357. The second-order valence-corrected chi connectivity index (χ2v) is 6.10. The lowest BCUT2D eigenvalue weighted by Gasteiger charge is -2.12. The normalized spacial score (nSPS) is 14.0. The first-order valence-electron chi connectivity index (χ1n) is 6.62. The van der Waals surface area contributed by atoms with Crippen LogP contribution in [0.25, 0.3) is 0 Å². The summed E-state index contributed by atoms with van der Waals surface area (Å²) in [6.07, 6.45) is 0.846. The number of ether oxygens (including phenoxy) is 2. The van der Waals surface area contributed by atoms with Gasteiger partial charge < -0.3 is 15.2 Å². The fourth-order valence-electron chi connectivity index (χ4n) is 2.25. The molecule has 1 aromatic carbocycles. The van der Waals surface area contributed by atoms with Gasteiger partial charge in [0.15, 0.2) is 11.5 Å². The van der Waals surface area contributed by atoms with Gasteiger partial charge in [-0.15, -0.1) is 0 Å². The van der Waals surface area contributed by atoms with E-state index in [1.165, 1.54) is 0 Å². The molecule has 2 N–H and O–H groups in total. The summed E-state index contributed by atoms with van der Waals surface area (Å²) in [4.78, 5) is 0. The van der Waals surface area contributed by atoms with Gasteiger partial charge in [-0.1, -0.05) is 11.6 Å². The maximum atomic E-state index is 6.29. The first-order valence-corrected chi connectivity index (χ1v) is 7.79. The zero-order chi connectivity index (χ0) is 15.0. The Morgan fingerprint density at radius 3 is 2.86 bits per heavy atom. The predicted molar refractivity (Wildman–Crippen MR) is 85.2 cm³/mol. The van der Waals surface area contributed by atoms with Crippen molar-refractivity contribution in [1.29, 1.82) is 0 Å². The lowest BCUT2D eigenvalue weighted by Crippen LogP contribution is -2.06. The molecule has 0 saturated heterocycles. The van der Waals surface area contributed by atoms with Gasteiger partial charge in [0.25, 0.3) is 0 Å². The quantitative estimate of drug-likeness (QED) is 0.877. The van der Waals surface area contributed by atoms with Crippen molar-refractivity contribution in [3.8, 4) is 11.5 Å². The molecule has 1 aliphatic rings. The van der Waals surface area contributed by atoms with E-state index in [-0.39, 0.29) is 0 Å². The van der Waals surface area contributed by atoms with Crippen LogP contribution < -0.4 is 15.2 Å². The zero-order valence-corrected chi connectivity index (χ0v) is 13.9. The van der Waals surface area contributed by atoms with Crippen LogP contribution in [0.2, 0.25) is 5.02 Å². The molecular weight excluding hydrogens is 358 g/mol. The first-order chi connectivity index (χ1) is 10.1. The number of fused-ring (bicyclic) bond motifs is 1. The van der Waals surface area contributed by atoms with Crippen molar-refractivity contribution in [1.82, 2.24) is 9.78 Å². The Bertz CT molecular complexity index is 687. The molecule has 0 radical (unpaired) electrons. The number of hydrogen-bond acceptors (Lipinski definition) is 4. The molecule has 0 bridgehead atoms. The number of nitrogens with two attached hydrogens (primary N) is 1. The monoisotopic (exact) mass is 371 g/mol. The number of anilines is 1. The van der Waals surface area contributed by atoms with Crippen LogP contribution in [-0.4, -0.2) is 23.0 Å². The van der Waals surface area contributed by atoms with E-state index in [9.17, 15) is 0 Å². The molecule has 2 heterocycles. The molecule has 1 aromatic heterocycles. The summed E-state index contributed by atoms with van der Waals surface area (Å²) < 4.78 is 13.9. The van der Waals surface area contributed by atoms with Crippen LogP contribution in [0.15, 0.2) is 16.6 Å². The van der Waals surface area contributed by atoms with Crippen LogP contribution in [0.1, 0.15) is 17.7 Å². The average molecular weight is 373 g/mol. The molecule has 0 unspecified atom stereocenters. The highest BCUT2D eigenvalue weighted by Gasteiger charge is 2.17. The summed E-state index contributed by atoms with van der Waals surface area (Å²) in [5, 5.41) is 4.94. The van der Waals surface area contributed by atoms with Crippen molar-refractivity contribution in [3.05, 3.63) is 32.9 Å². The van der Waals surface area contributed by atoms with Crippen LogP contribution in [0.3, 0.4) is 0 Å². The van der Waals surface area contributed by atoms with Gasteiger partial charge in [0.2, 0.25) is 0 Å². The maximum absolute atomic E-state index is 6.29. The first kappa shape index (κ1) is 14.5. The van der Waals surface area contributed by atoms with Crippen molar-refractivity contribution < 1.29 is 9.47 Å².